The molecule has 4 nitrogen and oxygen atoms in total. The molecule has 4 aromatic rings. The van der Waals surface area contributed by atoms with Gasteiger partial charge >= 0.3 is 0 Å². The van der Waals surface area contributed by atoms with Gasteiger partial charge in [-0.05, 0) is 36.1 Å². The minimum Gasteiger partial charge on any atom is -0.361 e. The van der Waals surface area contributed by atoms with Gasteiger partial charge in [-0.25, -0.2) is 0 Å². The molecule has 28 heavy (non-hydrogen) atoms. The molecule has 1 amide bonds. The number of amides is 1. The van der Waals surface area contributed by atoms with Crippen LogP contribution in [0.2, 0.25) is 0 Å². The summed E-state index contributed by atoms with van der Waals surface area (Å²) in [6.07, 6.45) is 8.17. The molecule has 5 rings (SSSR count). The first-order valence-electron chi connectivity index (χ1n) is 10.1. The number of β-lactam (4-membered cyclic amide) rings is 1. The monoisotopic (exact) mass is 371 g/mol. The van der Waals surface area contributed by atoms with Crippen molar-refractivity contribution in [2.24, 2.45) is 0 Å². The molecule has 1 aliphatic heterocycles. The van der Waals surface area contributed by atoms with Crippen molar-refractivity contribution < 1.29 is 4.79 Å². The summed E-state index contributed by atoms with van der Waals surface area (Å²) in [6.45, 7) is 2.36. The fourth-order valence-corrected chi connectivity index (χ4v) is 4.78. The number of aromatic amines is 2. The normalized spacial score (nSPS) is 17.0. The lowest BCUT2D eigenvalue weighted by molar-refractivity contribution is -0.128. The molecule has 142 valence electrons. The van der Waals surface area contributed by atoms with E-state index in [2.05, 4.69) is 83.1 Å². The van der Waals surface area contributed by atoms with Crippen molar-refractivity contribution in [3.63, 3.8) is 0 Å². The molecule has 0 aliphatic carbocycles. The van der Waals surface area contributed by atoms with Gasteiger partial charge in [0.05, 0.1) is 0 Å². The highest BCUT2D eigenvalue weighted by atomic mass is 16.2. The third-order valence-electron chi connectivity index (χ3n) is 6.39. The quantitative estimate of drug-likeness (QED) is 0.410. The molecule has 1 saturated heterocycles. The fraction of sp³-hybridized carbons (Fsp3) is 0.292. The molecule has 0 spiro atoms. The Balaban J connectivity index is 1.56. The summed E-state index contributed by atoms with van der Waals surface area (Å²) < 4.78 is 0. The Labute approximate surface area is 164 Å². The number of carbonyl (C=O) groups excluding carboxylic acids is 1. The van der Waals surface area contributed by atoms with Gasteiger partial charge in [0.1, 0.15) is 0 Å². The van der Waals surface area contributed by atoms with Gasteiger partial charge in [0.2, 0.25) is 5.91 Å². The van der Waals surface area contributed by atoms with Gasteiger partial charge in [-0.3, -0.25) is 4.79 Å². The number of hydrogen-bond donors (Lipinski definition) is 3. The van der Waals surface area contributed by atoms with Crippen LogP contribution in [-0.4, -0.2) is 21.9 Å². The third kappa shape index (κ3) is 2.71. The van der Waals surface area contributed by atoms with Gasteiger partial charge in [-0.1, -0.05) is 49.7 Å². The van der Waals surface area contributed by atoms with Crippen LogP contribution in [0, 0.1) is 0 Å². The van der Waals surface area contributed by atoms with Crippen molar-refractivity contribution in [1.29, 1.82) is 0 Å². The van der Waals surface area contributed by atoms with E-state index in [1.807, 2.05) is 0 Å². The average molecular weight is 371 g/mol. The average Bonchev–Trinajstić information content (AvgIpc) is 3.31. The largest absolute Gasteiger partial charge is 0.361 e. The Bertz CT molecular complexity index is 1070. The first kappa shape index (κ1) is 17.1. The number of carbonyl (C=O) groups is 1. The molecular formula is C24H25N3O. The van der Waals surface area contributed by atoms with E-state index in [4.69, 9.17) is 0 Å². The molecule has 3 heterocycles. The Morgan fingerprint density at radius 2 is 1.46 bits per heavy atom. The predicted octanol–water partition coefficient (Wildman–Crippen LogP) is 5.01. The summed E-state index contributed by atoms with van der Waals surface area (Å²) in [5.74, 6) is 0.181. The maximum Gasteiger partial charge on any atom is 0.222 e. The van der Waals surface area contributed by atoms with E-state index in [-0.39, 0.29) is 11.3 Å². The number of aromatic nitrogens is 2. The fourth-order valence-electron chi connectivity index (χ4n) is 4.78. The molecule has 4 heteroatoms. The lowest BCUT2D eigenvalue weighted by atomic mass is 9.72. The molecule has 1 fully saturated rings. The van der Waals surface area contributed by atoms with Crippen LogP contribution in [0.1, 0.15) is 43.7 Å². The smallest absolute Gasteiger partial charge is 0.222 e. The van der Waals surface area contributed by atoms with Crippen molar-refractivity contribution in [1.82, 2.24) is 15.3 Å². The second-order valence-electron chi connectivity index (χ2n) is 8.19. The second-order valence-corrected chi connectivity index (χ2v) is 8.19. The molecular weight excluding hydrogens is 346 g/mol. The summed E-state index contributed by atoms with van der Waals surface area (Å²) in [7, 11) is 0. The Hall–Kier alpha value is -3.01. The van der Waals surface area contributed by atoms with Crippen LogP contribution in [0.4, 0.5) is 0 Å². The summed E-state index contributed by atoms with van der Waals surface area (Å²) in [5, 5.41) is 5.58. The highest BCUT2D eigenvalue weighted by molar-refractivity contribution is 5.89. The molecule has 2 aromatic carbocycles. The van der Waals surface area contributed by atoms with E-state index >= 15 is 0 Å². The number of benzene rings is 2. The number of nitrogens with one attached hydrogen (secondary N) is 3. The molecule has 1 aliphatic rings. The lowest BCUT2D eigenvalue weighted by Crippen LogP contribution is -2.48. The van der Waals surface area contributed by atoms with Crippen LogP contribution in [0.5, 0.6) is 0 Å². The van der Waals surface area contributed by atoms with Gasteiger partial charge in [-0.2, -0.15) is 0 Å². The Morgan fingerprint density at radius 1 is 0.929 bits per heavy atom. The van der Waals surface area contributed by atoms with Crippen molar-refractivity contribution in [2.75, 3.05) is 0 Å². The minimum absolute atomic E-state index is 0.118. The maximum absolute atomic E-state index is 11.2. The zero-order chi connectivity index (χ0) is 19.1. The van der Waals surface area contributed by atoms with Gasteiger partial charge in [0.15, 0.2) is 0 Å². The summed E-state index contributed by atoms with van der Waals surface area (Å²) in [4.78, 5) is 18.1. The SMILES string of the molecule is CC(CCCC1CC(=O)N1)(c1c[nH]c2ccccc12)c1c[nH]c2ccccc12. The van der Waals surface area contributed by atoms with Crippen LogP contribution in [0.15, 0.2) is 60.9 Å². The first-order valence-corrected chi connectivity index (χ1v) is 10.1. The minimum atomic E-state index is -0.118. The first-order chi connectivity index (χ1) is 13.6. The molecule has 1 unspecified atom stereocenters. The van der Waals surface area contributed by atoms with E-state index in [1.54, 1.807) is 0 Å². The third-order valence-corrected chi connectivity index (χ3v) is 6.39. The molecule has 0 radical (unpaired) electrons. The van der Waals surface area contributed by atoms with Gasteiger partial charge in [0.25, 0.3) is 0 Å². The van der Waals surface area contributed by atoms with Gasteiger partial charge in [-0.15, -0.1) is 0 Å². The van der Waals surface area contributed by atoms with Crippen molar-refractivity contribution in [2.45, 2.75) is 44.1 Å². The second kappa shape index (κ2) is 6.55. The number of rotatable bonds is 6. The number of para-hydroxylation sites is 2. The van der Waals surface area contributed by atoms with E-state index < -0.39 is 0 Å². The zero-order valence-electron chi connectivity index (χ0n) is 16.1. The maximum atomic E-state index is 11.2. The van der Waals surface area contributed by atoms with Gasteiger partial charge < -0.3 is 15.3 Å². The van der Waals surface area contributed by atoms with E-state index in [9.17, 15) is 4.79 Å². The van der Waals surface area contributed by atoms with E-state index in [0.717, 1.165) is 19.3 Å². The highest BCUT2D eigenvalue weighted by Crippen LogP contribution is 2.43. The van der Waals surface area contributed by atoms with Crippen LogP contribution in [0.25, 0.3) is 21.8 Å². The van der Waals surface area contributed by atoms with Gasteiger partial charge in [0, 0.05) is 52.1 Å². The summed E-state index contributed by atoms with van der Waals surface area (Å²) >= 11 is 0. The zero-order valence-corrected chi connectivity index (χ0v) is 16.1. The van der Waals surface area contributed by atoms with Crippen LogP contribution < -0.4 is 5.32 Å². The molecule has 0 bridgehead atoms. The number of hydrogen-bond acceptors (Lipinski definition) is 1. The number of fused-ring (bicyclic) bond motifs is 2. The summed E-state index contributed by atoms with van der Waals surface area (Å²) in [6, 6.07) is 17.4. The van der Waals surface area contributed by atoms with E-state index in [1.165, 1.54) is 32.9 Å². The van der Waals surface area contributed by atoms with Crippen LogP contribution in [-0.2, 0) is 10.2 Å². The topological polar surface area (TPSA) is 60.7 Å². The number of H-pyrrole nitrogens is 2. The van der Waals surface area contributed by atoms with Crippen molar-refractivity contribution in [3.8, 4) is 0 Å². The standard InChI is InChI=1S/C24H25N3O/c1-24(12-6-7-16-13-23(28)27-16,19-14-25-21-10-4-2-8-17(19)21)20-15-26-22-11-5-3-9-18(20)22/h2-5,8-11,14-16,25-26H,6-7,12-13H2,1H3,(H,27,28). The lowest BCUT2D eigenvalue weighted by Gasteiger charge is -2.32. The Kier molecular flexibility index (Phi) is 4.00. The van der Waals surface area contributed by atoms with E-state index in [0.29, 0.717) is 12.5 Å². The van der Waals surface area contributed by atoms with Crippen molar-refractivity contribution in [3.05, 3.63) is 72.1 Å². The molecule has 1 atom stereocenters. The van der Waals surface area contributed by atoms with Crippen LogP contribution in [0.3, 0.4) is 0 Å². The molecule has 3 N–H and O–H groups in total. The van der Waals surface area contributed by atoms with Crippen LogP contribution >= 0.6 is 0 Å². The van der Waals surface area contributed by atoms with Crippen molar-refractivity contribution >= 4 is 27.7 Å². The highest BCUT2D eigenvalue weighted by Gasteiger charge is 2.34. The molecule has 0 saturated carbocycles. The Morgan fingerprint density at radius 3 is 2.00 bits per heavy atom. The predicted molar refractivity (Wildman–Crippen MR) is 113 cm³/mol. The summed E-state index contributed by atoms with van der Waals surface area (Å²) in [5.41, 5.74) is 4.91. The molecule has 2 aromatic heterocycles.